The molecule has 0 aromatic heterocycles. The summed E-state index contributed by atoms with van der Waals surface area (Å²) in [5.41, 5.74) is 0. The molecule has 2 heteroatoms. The average molecular weight is 184 g/mol. The molecule has 3 atom stereocenters. The van der Waals surface area contributed by atoms with Crippen LogP contribution in [-0.2, 0) is 9.47 Å². The van der Waals surface area contributed by atoms with Crippen LogP contribution in [0.3, 0.4) is 0 Å². The predicted molar refractivity (Wildman–Crippen MR) is 51.7 cm³/mol. The molecule has 0 aromatic carbocycles. The molecule has 2 saturated heterocycles. The van der Waals surface area contributed by atoms with Gasteiger partial charge in [-0.1, -0.05) is 0 Å². The molecule has 2 aliphatic heterocycles. The van der Waals surface area contributed by atoms with E-state index in [1.54, 1.807) is 0 Å². The topological polar surface area (TPSA) is 18.5 Å². The summed E-state index contributed by atoms with van der Waals surface area (Å²) in [4.78, 5) is 0. The minimum absolute atomic E-state index is 0.414. The van der Waals surface area contributed by atoms with Crippen molar-refractivity contribution in [2.75, 3.05) is 13.2 Å². The number of hydrogen-bond donors (Lipinski definition) is 0. The second kappa shape index (κ2) is 4.43. The summed E-state index contributed by atoms with van der Waals surface area (Å²) in [5, 5.41) is 0. The first-order valence-electron chi connectivity index (χ1n) is 5.61. The third kappa shape index (κ3) is 2.23. The first-order valence-corrected chi connectivity index (χ1v) is 5.61. The van der Waals surface area contributed by atoms with E-state index in [4.69, 9.17) is 9.47 Å². The number of ether oxygens (including phenoxy) is 2. The highest BCUT2D eigenvalue weighted by Crippen LogP contribution is 2.30. The van der Waals surface area contributed by atoms with E-state index in [0.29, 0.717) is 18.1 Å². The first kappa shape index (κ1) is 9.47. The summed E-state index contributed by atoms with van der Waals surface area (Å²) < 4.78 is 11.5. The van der Waals surface area contributed by atoms with Crippen LogP contribution in [-0.4, -0.2) is 25.4 Å². The Morgan fingerprint density at radius 1 is 0.923 bits per heavy atom. The summed E-state index contributed by atoms with van der Waals surface area (Å²) in [6.07, 6.45) is 7.26. The maximum absolute atomic E-state index is 5.81. The smallest absolute Gasteiger partial charge is 0.0627 e. The summed E-state index contributed by atoms with van der Waals surface area (Å²) in [6, 6.07) is 0. The molecule has 0 aliphatic carbocycles. The monoisotopic (exact) mass is 184 g/mol. The van der Waals surface area contributed by atoms with Crippen LogP contribution >= 0.6 is 0 Å². The van der Waals surface area contributed by atoms with E-state index in [0.717, 1.165) is 13.2 Å². The summed E-state index contributed by atoms with van der Waals surface area (Å²) in [6.45, 7) is 4.11. The second-order valence-electron chi connectivity index (χ2n) is 4.29. The van der Waals surface area contributed by atoms with Gasteiger partial charge in [0.2, 0.25) is 0 Å². The molecule has 76 valence electrons. The van der Waals surface area contributed by atoms with E-state index in [9.17, 15) is 0 Å². The standard InChI is InChI=1S/C11H20O2/c1-9-10(5-4-8-12-9)11-6-2-3-7-13-11/h9-11H,2-8H2,1H3. The van der Waals surface area contributed by atoms with Gasteiger partial charge in [-0.15, -0.1) is 0 Å². The lowest BCUT2D eigenvalue weighted by Crippen LogP contribution is -2.38. The molecule has 2 nitrogen and oxygen atoms in total. The summed E-state index contributed by atoms with van der Waals surface area (Å²) in [5.74, 6) is 0.661. The van der Waals surface area contributed by atoms with E-state index in [-0.39, 0.29) is 0 Å². The second-order valence-corrected chi connectivity index (χ2v) is 4.29. The molecule has 2 fully saturated rings. The zero-order valence-corrected chi connectivity index (χ0v) is 8.50. The Morgan fingerprint density at radius 3 is 2.46 bits per heavy atom. The van der Waals surface area contributed by atoms with Gasteiger partial charge >= 0.3 is 0 Å². The number of rotatable bonds is 1. The third-order valence-electron chi connectivity index (χ3n) is 3.36. The number of hydrogen-bond acceptors (Lipinski definition) is 2. The first-order chi connectivity index (χ1) is 6.38. The molecule has 0 radical (unpaired) electrons. The van der Waals surface area contributed by atoms with Gasteiger partial charge in [-0.25, -0.2) is 0 Å². The van der Waals surface area contributed by atoms with Crippen LogP contribution in [0.15, 0.2) is 0 Å². The molecule has 0 amide bonds. The van der Waals surface area contributed by atoms with Crippen LogP contribution in [0.1, 0.15) is 39.0 Å². The van der Waals surface area contributed by atoms with E-state index in [1.165, 1.54) is 32.1 Å². The zero-order valence-electron chi connectivity index (χ0n) is 8.50. The summed E-state index contributed by atoms with van der Waals surface area (Å²) in [7, 11) is 0. The fourth-order valence-electron chi connectivity index (χ4n) is 2.54. The van der Waals surface area contributed by atoms with Crippen LogP contribution in [0.5, 0.6) is 0 Å². The van der Waals surface area contributed by atoms with Gasteiger partial charge in [0.1, 0.15) is 0 Å². The lowest BCUT2D eigenvalue weighted by molar-refractivity contribution is -0.100. The van der Waals surface area contributed by atoms with Gasteiger partial charge in [0.05, 0.1) is 12.2 Å². The van der Waals surface area contributed by atoms with E-state index < -0.39 is 0 Å². The van der Waals surface area contributed by atoms with Gasteiger partial charge in [-0.3, -0.25) is 0 Å². The molecule has 2 aliphatic rings. The van der Waals surface area contributed by atoms with Crippen molar-refractivity contribution in [3.8, 4) is 0 Å². The van der Waals surface area contributed by atoms with Crippen molar-refractivity contribution in [1.82, 2.24) is 0 Å². The minimum atomic E-state index is 0.414. The Morgan fingerprint density at radius 2 is 1.77 bits per heavy atom. The van der Waals surface area contributed by atoms with Gasteiger partial charge in [0, 0.05) is 19.1 Å². The fraction of sp³-hybridized carbons (Fsp3) is 1.00. The molecule has 2 heterocycles. The Hall–Kier alpha value is -0.0800. The van der Waals surface area contributed by atoms with Crippen molar-refractivity contribution in [2.45, 2.75) is 51.2 Å². The quantitative estimate of drug-likeness (QED) is 0.623. The Kier molecular flexibility index (Phi) is 3.23. The molecule has 3 unspecified atom stereocenters. The van der Waals surface area contributed by atoms with Crippen molar-refractivity contribution in [3.05, 3.63) is 0 Å². The van der Waals surface area contributed by atoms with Crippen molar-refractivity contribution >= 4 is 0 Å². The minimum Gasteiger partial charge on any atom is -0.378 e. The molecular weight excluding hydrogens is 164 g/mol. The van der Waals surface area contributed by atoms with E-state index >= 15 is 0 Å². The Bertz CT molecular complexity index is 152. The Labute approximate surface area is 80.6 Å². The molecule has 0 bridgehead atoms. The van der Waals surface area contributed by atoms with Crippen LogP contribution in [0, 0.1) is 5.92 Å². The van der Waals surface area contributed by atoms with Gasteiger partial charge in [0.25, 0.3) is 0 Å². The van der Waals surface area contributed by atoms with Crippen molar-refractivity contribution < 1.29 is 9.47 Å². The zero-order chi connectivity index (χ0) is 9.10. The third-order valence-corrected chi connectivity index (χ3v) is 3.36. The average Bonchev–Trinajstić information content (AvgIpc) is 2.20. The maximum atomic E-state index is 5.81. The molecular formula is C11H20O2. The predicted octanol–water partition coefficient (Wildman–Crippen LogP) is 2.37. The molecule has 0 spiro atoms. The van der Waals surface area contributed by atoms with E-state index in [1.807, 2.05) is 0 Å². The maximum Gasteiger partial charge on any atom is 0.0627 e. The highest BCUT2D eigenvalue weighted by atomic mass is 16.5. The summed E-state index contributed by atoms with van der Waals surface area (Å²) >= 11 is 0. The highest BCUT2D eigenvalue weighted by molar-refractivity contribution is 4.80. The van der Waals surface area contributed by atoms with Crippen LogP contribution in [0.25, 0.3) is 0 Å². The van der Waals surface area contributed by atoms with Gasteiger partial charge in [-0.05, 0) is 39.0 Å². The van der Waals surface area contributed by atoms with Gasteiger partial charge in [-0.2, -0.15) is 0 Å². The molecule has 13 heavy (non-hydrogen) atoms. The Balaban J connectivity index is 1.88. The van der Waals surface area contributed by atoms with Crippen LogP contribution in [0.4, 0.5) is 0 Å². The van der Waals surface area contributed by atoms with Crippen molar-refractivity contribution in [2.24, 2.45) is 5.92 Å². The van der Waals surface area contributed by atoms with Crippen LogP contribution < -0.4 is 0 Å². The lowest BCUT2D eigenvalue weighted by atomic mass is 9.86. The van der Waals surface area contributed by atoms with Crippen molar-refractivity contribution in [1.29, 1.82) is 0 Å². The fourth-order valence-corrected chi connectivity index (χ4v) is 2.54. The SMILES string of the molecule is CC1OCCCC1C1CCCCO1. The molecule has 2 rings (SSSR count). The molecule has 0 N–H and O–H groups in total. The van der Waals surface area contributed by atoms with E-state index in [2.05, 4.69) is 6.92 Å². The normalized spacial score (nSPS) is 41.8. The highest BCUT2D eigenvalue weighted by Gasteiger charge is 2.31. The van der Waals surface area contributed by atoms with Gasteiger partial charge < -0.3 is 9.47 Å². The van der Waals surface area contributed by atoms with Gasteiger partial charge in [0.15, 0.2) is 0 Å². The molecule has 0 aromatic rings. The lowest BCUT2D eigenvalue weighted by Gasteiger charge is -2.37. The molecule has 0 saturated carbocycles. The van der Waals surface area contributed by atoms with Crippen LogP contribution in [0.2, 0.25) is 0 Å². The van der Waals surface area contributed by atoms with Crippen molar-refractivity contribution in [3.63, 3.8) is 0 Å². The largest absolute Gasteiger partial charge is 0.378 e.